The number of methoxy groups -OCH3 is 2. The van der Waals surface area contributed by atoms with Gasteiger partial charge >= 0.3 is 6.01 Å². The van der Waals surface area contributed by atoms with E-state index in [1.54, 1.807) is 23.1 Å². The van der Waals surface area contributed by atoms with Crippen molar-refractivity contribution in [1.29, 1.82) is 0 Å². The second kappa shape index (κ2) is 10.8. The first-order valence-electron chi connectivity index (χ1n) is 10.3. The van der Waals surface area contributed by atoms with Crippen molar-refractivity contribution in [2.45, 2.75) is 6.42 Å². The number of anilines is 1. The Morgan fingerprint density at radius 2 is 1.94 bits per heavy atom. The molecule has 9 heteroatoms. The van der Waals surface area contributed by atoms with Gasteiger partial charge < -0.3 is 19.5 Å². The fourth-order valence-corrected chi connectivity index (χ4v) is 3.89. The smallest absolute Gasteiger partial charge is 0.336 e. The summed E-state index contributed by atoms with van der Waals surface area (Å²) >= 11 is 1.57. The quantitative estimate of drug-likeness (QED) is 0.378. The normalized spacial score (nSPS) is 10.7. The predicted octanol–water partition coefficient (Wildman–Crippen LogP) is 4.21. The van der Waals surface area contributed by atoms with Crippen LogP contribution in [0.15, 0.2) is 66.0 Å². The Balaban J connectivity index is 1.53. The van der Waals surface area contributed by atoms with Crippen molar-refractivity contribution in [3.63, 3.8) is 0 Å². The molecule has 0 unspecified atom stereocenters. The number of carbonyl (C=O) groups excluding carboxylic acids is 1. The first-order valence-corrected chi connectivity index (χ1v) is 11.2. The highest BCUT2D eigenvalue weighted by atomic mass is 32.1. The van der Waals surface area contributed by atoms with Gasteiger partial charge in [-0.3, -0.25) is 4.79 Å². The van der Waals surface area contributed by atoms with Crippen molar-refractivity contribution in [2.75, 3.05) is 32.8 Å². The van der Waals surface area contributed by atoms with Gasteiger partial charge in [0.05, 0.1) is 24.3 Å². The summed E-state index contributed by atoms with van der Waals surface area (Å²) in [5.74, 6) is 1.26. The lowest BCUT2D eigenvalue weighted by molar-refractivity contribution is -0.119. The molecule has 1 N–H and O–H groups in total. The number of nitrogens with one attached hydrogen (secondary N) is 1. The SMILES string of the molecule is COCC(=O)Nc1cccc(-n2nc(OCCc3ccc(OC)cc3)nc2-c2cccs2)c1. The van der Waals surface area contributed by atoms with Crippen LogP contribution >= 0.6 is 11.3 Å². The second-order valence-electron chi connectivity index (χ2n) is 7.09. The van der Waals surface area contributed by atoms with Crippen LogP contribution in [0.5, 0.6) is 11.8 Å². The standard InChI is InChI=1S/C24H24N4O4S/c1-30-16-22(29)25-18-5-3-6-19(15-18)28-23(21-7-4-14-33-21)26-24(27-28)32-13-12-17-8-10-20(31-2)11-9-17/h3-11,14-15H,12-13,16H2,1-2H3,(H,25,29). The maximum Gasteiger partial charge on any atom is 0.336 e. The van der Waals surface area contributed by atoms with Gasteiger partial charge in [-0.15, -0.1) is 16.4 Å². The second-order valence-corrected chi connectivity index (χ2v) is 8.03. The number of nitrogens with zero attached hydrogens (tertiary/aromatic N) is 3. The van der Waals surface area contributed by atoms with Crippen molar-refractivity contribution in [1.82, 2.24) is 14.8 Å². The van der Waals surface area contributed by atoms with Crippen LogP contribution in [0.4, 0.5) is 5.69 Å². The lowest BCUT2D eigenvalue weighted by Crippen LogP contribution is -2.17. The summed E-state index contributed by atoms with van der Waals surface area (Å²) in [6.45, 7) is 0.424. The van der Waals surface area contributed by atoms with Crippen molar-refractivity contribution in [2.24, 2.45) is 0 Å². The Kier molecular flexibility index (Phi) is 7.33. The summed E-state index contributed by atoms with van der Waals surface area (Å²) in [4.78, 5) is 17.5. The zero-order chi connectivity index (χ0) is 23.0. The molecule has 2 heterocycles. The Morgan fingerprint density at radius 1 is 1.09 bits per heavy atom. The topological polar surface area (TPSA) is 87.5 Å². The van der Waals surface area contributed by atoms with Crippen LogP contribution in [0.25, 0.3) is 16.4 Å². The number of ether oxygens (including phenoxy) is 3. The molecule has 4 rings (SSSR count). The van der Waals surface area contributed by atoms with E-state index in [0.29, 0.717) is 30.5 Å². The fourth-order valence-electron chi connectivity index (χ4n) is 3.20. The largest absolute Gasteiger partial charge is 0.497 e. The molecule has 1 amide bonds. The number of benzene rings is 2. The third-order valence-corrected chi connectivity index (χ3v) is 5.63. The van der Waals surface area contributed by atoms with Gasteiger partial charge in [-0.05, 0) is 47.3 Å². The van der Waals surface area contributed by atoms with Crippen molar-refractivity contribution < 1.29 is 19.0 Å². The third kappa shape index (κ3) is 5.76. The average molecular weight is 465 g/mol. The molecule has 0 aliphatic heterocycles. The summed E-state index contributed by atoms with van der Waals surface area (Å²) in [7, 11) is 3.13. The van der Waals surface area contributed by atoms with Crippen LogP contribution in [-0.2, 0) is 16.0 Å². The van der Waals surface area contributed by atoms with E-state index in [1.165, 1.54) is 7.11 Å². The molecule has 0 fully saturated rings. The number of aromatic nitrogens is 3. The van der Waals surface area contributed by atoms with E-state index in [-0.39, 0.29) is 12.5 Å². The minimum atomic E-state index is -0.228. The van der Waals surface area contributed by atoms with Crippen molar-refractivity contribution in [3.8, 4) is 28.1 Å². The van der Waals surface area contributed by atoms with Gasteiger partial charge in [0.15, 0.2) is 5.82 Å². The molecule has 0 aliphatic rings. The van der Waals surface area contributed by atoms with E-state index >= 15 is 0 Å². The molecule has 2 aromatic heterocycles. The van der Waals surface area contributed by atoms with Gasteiger partial charge in [0, 0.05) is 19.2 Å². The van der Waals surface area contributed by atoms with Crippen LogP contribution in [0, 0.1) is 0 Å². The molecule has 0 radical (unpaired) electrons. The molecule has 0 aliphatic carbocycles. The molecule has 8 nitrogen and oxygen atoms in total. The number of hydrogen-bond donors (Lipinski definition) is 1. The van der Waals surface area contributed by atoms with Gasteiger partial charge in [-0.2, -0.15) is 4.98 Å². The van der Waals surface area contributed by atoms with Gasteiger partial charge in [-0.1, -0.05) is 24.3 Å². The lowest BCUT2D eigenvalue weighted by atomic mass is 10.1. The summed E-state index contributed by atoms with van der Waals surface area (Å²) in [5, 5.41) is 9.38. The summed E-state index contributed by atoms with van der Waals surface area (Å²) < 4.78 is 17.7. The van der Waals surface area contributed by atoms with Crippen LogP contribution in [0.2, 0.25) is 0 Å². The van der Waals surface area contributed by atoms with E-state index in [2.05, 4.69) is 15.4 Å². The number of rotatable bonds is 10. The highest BCUT2D eigenvalue weighted by molar-refractivity contribution is 7.13. The summed E-state index contributed by atoms with van der Waals surface area (Å²) in [5.41, 5.74) is 2.53. The monoisotopic (exact) mass is 464 g/mol. The Morgan fingerprint density at radius 3 is 2.67 bits per heavy atom. The van der Waals surface area contributed by atoms with Crippen LogP contribution in [-0.4, -0.2) is 48.1 Å². The maximum atomic E-state index is 11.9. The van der Waals surface area contributed by atoms with Gasteiger partial charge in [0.1, 0.15) is 12.4 Å². The minimum absolute atomic E-state index is 0.0137. The summed E-state index contributed by atoms with van der Waals surface area (Å²) in [6.07, 6.45) is 0.716. The summed E-state index contributed by atoms with van der Waals surface area (Å²) in [6, 6.07) is 19.5. The van der Waals surface area contributed by atoms with Gasteiger partial charge in [0.25, 0.3) is 0 Å². The van der Waals surface area contributed by atoms with Crippen LogP contribution < -0.4 is 14.8 Å². The van der Waals surface area contributed by atoms with Crippen LogP contribution in [0.3, 0.4) is 0 Å². The molecule has 170 valence electrons. The van der Waals surface area contributed by atoms with Crippen LogP contribution in [0.1, 0.15) is 5.56 Å². The molecule has 2 aromatic carbocycles. The van der Waals surface area contributed by atoms with Crippen molar-refractivity contribution in [3.05, 3.63) is 71.6 Å². The number of thiophene rings is 1. The zero-order valence-corrected chi connectivity index (χ0v) is 19.2. The molecule has 0 bridgehead atoms. The molecule has 4 aromatic rings. The Hall–Kier alpha value is -3.69. The van der Waals surface area contributed by atoms with Crippen molar-refractivity contribution >= 4 is 22.9 Å². The van der Waals surface area contributed by atoms with E-state index in [9.17, 15) is 4.79 Å². The Labute approximate surface area is 195 Å². The number of amides is 1. The first-order chi connectivity index (χ1) is 16.2. The molecular formula is C24H24N4O4S. The predicted molar refractivity (Wildman–Crippen MR) is 127 cm³/mol. The maximum absolute atomic E-state index is 11.9. The molecule has 0 saturated carbocycles. The van der Waals surface area contributed by atoms with E-state index in [1.807, 2.05) is 66.0 Å². The number of hydrogen-bond acceptors (Lipinski definition) is 7. The first kappa shape index (κ1) is 22.5. The molecule has 0 spiro atoms. The molecule has 33 heavy (non-hydrogen) atoms. The molecule has 0 atom stereocenters. The third-order valence-electron chi connectivity index (χ3n) is 4.76. The molecular weight excluding hydrogens is 440 g/mol. The highest BCUT2D eigenvalue weighted by Crippen LogP contribution is 2.28. The van der Waals surface area contributed by atoms with Gasteiger partial charge in [-0.25, -0.2) is 4.68 Å². The van der Waals surface area contributed by atoms with Gasteiger partial charge in [0.2, 0.25) is 5.91 Å². The fraction of sp³-hybridized carbons (Fsp3) is 0.208. The average Bonchev–Trinajstić information content (AvgIpc) is 3.50. The van der Waals surface area contributed by atoms with E-state index in [4.69, 9.17) is 14.2 Å². The Bertz CT molecular complexity index is 1190. The van der Waals surface area contributed by atoms with E-state index in [0.717, 1.165) is 21.9 Å². The molecule has 0 saturated heterocycles. The van der Waals surface area contributed by atoms with E-state index < -0.39 is 0 Å². The minimum Gasteiger partial charge on any atom is -0.497 e. The highest BCUT2D eigenvalue weighted by Gasteiger charge is 2.16. The zero-order valence-electron chi connectivity index (χ0n) is 18.4. The lowest BCUT2D eigenvalue weighted by Gasteiger charge is -2.08. The number of carbonyl (C=O) groups is 1.